The Kier molecular flexibility index (Phi) is 8.70. The van der Waals surface area contributed by atoms with E-state index in [1.165, 1.54) is 0 Å². The van der Waals surface area contributed by atoms with Crippen molar-refractivity contribution in [2.24, 2.45) is 5.92 Å². The van der Waals surface area contributed by atoms with Crippen molar-refractivity contribution in [3.05, 3.63) is 78.4 Å². The fourth-order valence-corrected chi connectivity index (χ4v) is 5.63. The van der Waals surface area contributed by atoms with Crippen molar-refractivity contribution in [2.45, 2.75) is 39.2 Å². The summed E-state index contributed by atoms with van der Waals surface area (Å²) in [5, 5.41) is 0. The number of likely N-dealkylation sites (tertiary alicyclic amines) is 1. The van der Waals surface area contributed by atoms with Crippen LogP contribution in [0.4, 0.5) is 0 Å². The number of carbonyl (C=O) groups is 3. The van der Waals surface area contributed by atoms with Crippen LogP contribution in [0.2, 0.25) is 0 Å². The zero-order valence-electron chi connectivity index (χ0n) is 23.5. The molecule has 1 atom stereocenters. The summed E-state index contributed by atoms with van der Waals surface area (Å²) in [7, 11) is 0. The normalized spacial score (nSPS) is 17.4. The van der Waals surface area contributed by atoms with Crippen molar-refractivity contribution < 1.29 is 14.4 Å². The number of amides is 2. The molecular weight excluding hydrogens is 500 g/mol. The van der Waals surface area contributed by atoms with Gasteiger partial charge in [0.25, 0.3) is 11.8 Å². The van der Waals surface area contributed by atoms with E-state index < -0.39 is 0 Å². The molecule has 1 unspecified atom stereocenters. The molecule has 0 saturated carbocycles. The minimum atomic E-state index is -0.328. The van der Waals surface area contributed by atoms with Gasteiger partial charge >= 0.3 is 0 Å². The molecule has 0 N–H and O–H groups in total. The number of Topliss-reactive ketones (excluding diaryl/α,β-unsaturated/α-hetero) is 1. The third kappa shape index (κ3) is 6.15. The summed E-state index contributed by atoms with van der Waals surface area (Å²) in [6.45, 7) is 7.92. The highest BCUT2D eigenvalue weighted by molar-refractivity contribution is 6.36. The molecule has 2 aliphatic rings. The van der Waals surface area contributed by atoms with Crippen molar-refractivity contribution >= 4 is 17.6 Å². The van der Waals surface area contributed by atoms with Gasteiger partial charge in [-0.25, -0.2) is 4.98 Å². The van der Waals surface area contributed by atoms with Crippen LogP contribution in [0.25, 0.3) is 22.5 Å². The van der Waals surface area contributed by atoms with Crippen LogP contribution >= 0.6 is 0 Å². The molecule has 5 rings (SSSR count). The van der Waals surface area contributed by atoms with Gasteiger partial charge in [-0.1, -0.05) is 74.5 Å². The van der Waals surface area contributed by atoms with Crippen molar-refractivity contribution in [1.82, 2.24) is 19.7 Å². The number of ketones is 1. The van der Waals surface area contributed by atoms with Crippen molar-refractivity contribution in [2.75, 3.05) is 39.3 Å². The molecule has 208 valence electrons. The number of carbonyl (C=O) groups excluding carboxylic acids is 3. The predicted molar refractivity (Wildman–Crippen MR) is 157 cm³/mol. The number of hydrogen-bond acceptors (Lipinski definition) is 5. The third-order valence-corrected chi connectivity index (χ3v) is 8.35. The number of aromatic nitrogens is 1. The fourth-order valence-electron chi connectivity index (χ4n) is 5.63. The van der Waals surface area contributed by atoms with Gasteiger partial charge in [0.15, 0.2) is 0 Å². The summed E-state index contributed by atoms with van der Waals surface area (Å²) >= 11 is 0. The summed E-state index contributed by atoms with van der Waals surface area (Å²) in [5.41, 5.74) is 4.19. The van der Waals surface area contributed by atoms with E-state index in [0.29, 0.717) is 44.2 Å². The second-order valence-electron chi connectivity index (χ2n) is 10.9. The molecule has 2 fully saturated rings. The quantitative estimate of drug-likeness (QED) is 0.405. The lowest BCUT2D eigenvalue weighted by Crippen LogP contribution is -2.55. The van der Waals surface area contributed by atoms with E-state index in [1.54, 1.807) is 4.90 Å². The number of hydrogen-bond donors (Lipinski definition) is 0. The molecule has 1 aromatic heterocycles. The molecule has 7 heteroatoms. The number of piperidine rings is 1. The Morgan fingerprint density at radius 1 is 0.775 bits per heavy atom. The molecular formula is C33H38N4O3. The minimum absolute atomic E-state index is 0.0281. The number of pyridine rings is 1. The standard InChI is InChI=1S/C33H38N4O3/c1-3-24(2)31(38)33(40)36-16-14-28(15-17-36)35-18-20-37(21-19-35)32(39)27-22-29(25-10-6-4-7-11-25)34-30(23-27)26-12-8-5-9-13-26/h4-13,22-24,28H,3,14-21H2,1-2H3. The van der Waals surface area contributed by atoms with Gasteiger partial charge in [-0.3, -0.25) is 19.3 Å². The smallest absolute Gasteiger partial charge is 0.290 e. The highest BCUT2D eigenvalue weighted by Gasteiger charge is 2.33. The lowest BCUT2D eigenvalue weighted by atomic mass is 9.99. The second-order valence-corrected chi connectivity index (χ2v) is 10.9. The first-order chi connectivity index (χ1) is 19.4. The molecule has 40 heavy (non-hydrogen) atoms. The maximum atomic E-state index is 13.7. The van der Waals surface area contributed by atoms with Gasteiger partial charge in [0.1, 0.15) is 0 Å². The summed E-state index contributed by atoms with van der Waals surface area (Å²) in [6.07, 6.45) is 2.40. The Hall–Kier alpha value is -3.84. The lowest BCUT2D eigenvalue weighted by molar-refractivity contribution is -0.147. The fraction of sp³-hybridized carbons (Fsp3) is 0.394. The van der Waals surface area contributed by atoms with Crippen molar-refractivity contribution in [3.63, 3.8) is 0 Å². The van der Waals surface area contributed by atoms with Crippen LogP contribution < -0.4 is 0 Å². The molecule has 0 radical (unpaired) electrons. The van der Waals surface area contributed by atoms with Crippen molar-refractivity contribution in [1.29, 1.82) is 0 Å². The van der Waals surface area contributed by atoms with E-state index in [-0.39, 0.29) is 23.5 Å². The van der Waals surface area contributed by atoms with Gasteiger partial charge < -0.3 is 9.80 Å². The van der Waals surface area contributed by atoms with Crippen LogP contribution in [-0.4, -0.2) is 82.6 Å². The third-order valence-electron chi connectivity index (χ3n) is 8.35. The molecule has 2 aromatic carbocycles. The second kappa shape index (κ2) is 12.6. The van der Waals surface area contributed by atoms with E-state index in [2.05, 4.69) is 4.90 Å². The van der Waals surface area contributed by atoms with E-state index in [0.717, 1.165) is 48.4 Å². The Bertz CT molecular complexity index is 1270. The van der Waals surface area contributed by atoms with Gasteiger partial charge in [-0.2, -0.15) is 0 Å². The first-order valence-electron chi connectivity index (χ1n) is 14.4. The molecule has 2 saturated heterocycles. The Labute approximate surface area is 236 Å². The monoisotopic (exact) mass is 538 g/mol. The SMILES string of the molecule is CCC(C)C(=O)C(=O)N1CCC(N2CCN(C(=O)c3cc(-c4ccccc4)nc(-c4ccccc4)c3)CC2)CC1. The van der Waals surface area contributed by atoms with Crippen LogP contribution in [0.15, 0.2) is 72.8 Å². The molecule has 2 aliphatic heterocycles. The predicted octanol–water partition coefficient (Wildman–Crippen LogP) is 4.78. The number of rotatable bonds is 7. The highest BCUT2D eigenvalue weighted by atomic mass is 16.2. The molecule has 3 aromatic rings. The summed E-state index contributed by atoms with van der Waals surface area (Å²) < 4.78 is 0. The van der Waals surface area contributed by atoms with Crippen LogP contribution in [0, 0.1) is 5.92 Å². The summed E-state index contributed by atoms with van der Waals surface area (Å²) in [6, 6.07) is 24.1. The Balaban J connectivity index is 1.23. The van der Waals surface area contributed by atoms with Gasteiger partial charge in [0, 0.05) is 67.9 Å². The van der Waals surface area contributed by atoms with E-state index in [1.807, 2.05) is 91.5 Å². The minimum Gasteiger partial charge on any atom is -0.336 e. The number of piperazine rings is 1. The van der Waals surface area contributed by atoms with E-state index >= 15 is 0 Å². The number of nitrogens with zero attached hydrogens (tertiary/aromatic N) is 4. The van der Waals surface area contributed by atoms with Crippen LogP contribution in [0.3, 0.4) is 0 Å². The molecule has 7 nitrogen and oxygen atoms in total. The van der Waals surface area contributed by atoms with E-state index in [4.69, 9.17) is 4.98 Å². The number of benzene rings is 2. The Morgan fingerprint density at radius 3 is 1.80 bits per heavy atom. The van der Waals surface area contributed by atoms with Gasteiger partial charge in [-0.05, 0) is 31.4 Å². The topological polar surface area (TPSA) is 73.8 Å². The molecule has 3 heterocycles. The largest absolute Gasteiger partial charge is 0.336 e. The zero-order chi connectivity index (χ0) is 28.1. The van der Waals surface area contributed by atoms with Crippen LogP contribution in [-0.2, 0) is 9.59 Å². The van der Waals surface area contributed by atoms with Crippen LogP contribution in [0.5, 0.6) is 0 Å². The molecule has 0 spiro atoms. The Morgan fingerprint density at radius 2 is 1.30 bits per heavy atom. The lowest BCUT2D eigenvalue weighted by Gasteiger charge is -2.42. The summed E-state index contributed by atoms with van der Waals surface area (Å²) in [4.78, 5) is 49.6. The average molecular weight is 539 g/mol. The molecule has 0 bridgehead atoms. The van der Waals surface area contributed by atoms with Crippen LogP contribution in [0.1, 0.15) is 43.5 Å². The van der Waals surface area contributed by atoms with Gasteiger partial charge in [-0.15, -0.1) is 0 Å². The maximum Gasteiger partial charge on any atom is 0.290 e. The van der Waals surface area contributed by atoms with Gasteiger partial charge in [0.05, 0.1) is 11.4 Å². The van der Waals surface area contributed by atoms with Crippen molar-refractivity contribution in [3.8, 4) is 22.5 Å². The molecule has 2 amide bonds. The van der Waals surface area contributed by atoms with Gasteiger partial charge in [0.2, 0.25) is 5.78 Å². The average Bonchev–Trinajstić information content (AvgIpc) is 3.04. The zero-order valence-corrected chi connectivity index (χ0v) is 23.5. The first-order valence-corrected chi connectivity index (χ1v) is 14.4. The summed E-state index contributed by atoms with van der Waals surface area (Å²) in [5.74, 6) is -0.787. The first kappa shape index (κ1) is 27.7. The molecule has 0 aliphatic carbocycles. The highest BCUT2D eigenvalue weighted by Crippen LogP contribution is 2.26. The van der Waals surface area contributed by atoms with E-state index in [9.17, 15) is 14.4 Å². The maximum absolute atomic E-state index is 13.7.